The summed E-state index contributed by atoms with van der Waals surface area (Å²) in [5, 5.41) is 2.47. The van der Waals surface area contributed by atoms with Crippen molar-refractivity contribution in [3.63, 3.8) is 0 Å². The number of methoxy groups -OCH3 is 1. The van der Waals surface area contributed by atoms with Gasteiger partial charge in [0, 0.05) is 5.71 Å². The van der Waals surface area contributed by atoms with Crippen LogP contribution in [0.2, 0.25) is 0 Å². The Hall–Kier alpha value is -2.61. The van der Waals surface area contributed by atoms with Crippen LogP contribution in [0.25, 0.3) is 10.8 Å². The van der Waals surface area contributed by atoms with Gasteiger partial charge in [0.05, 0.1) is 7.11 Å². The van der Waals surface area contributed by atoms with Crippen molar-refractivity contribution in [3.05, 3.63) is 72.3 Å². The molecule has 0 amide bonds. The molecule has 104 valence electrons. The second-order valence-electron chi connectivity index (χ2n) is 4.93. The van der Waals surface area contributed by atoms with Crippen LogP contribution in [0.4, 0.5) is 5.69 Å². The Balaban J connectivity index is 2.03. The first-order valence-corrected chi connectivity index (χ1v) is 6.95. The summed E-state index contributed by atoms with van der Waals surface area (Å²) >= 11 is 0. The van der Waals surface area contributed by atoms with E-state index in [2.05, 4.69) is 42.5 Å². The van der Waals surface area contributed by atoms with Gasteiger partial charge in [-0.1, -0.05) is 48.5 Å². The molecule has 0 aliphatic heterocycles. The summed E-state index contributed by atoms with van der Waals surface area (Å²) < 4.78 is 5.35. The molecule has 0 unspecified atom stereocenters. The molecule has 2 heteroatoms. The van der Waals surface area contributed by atoms with E-state index >= 15 is 0 Å². The molecular weight excluding hydrogens is 258 g/mol. The van der Waals surface area contributed by atoms with E-state index in [4.69, 9.17) is 9.73 Å². The Kier molecular flexibility index (Phi) is 3.69. The molecule has 21 heavy (non-hydrogen) atoms. The maximum atomic E-state index is 5.35. The standard InChI is InChI=1S/C19H17NO/c1-14(20-18-9-5-6-10-19(18)21-2)16-12-11-15-7-3-4-8-17(15)13-16/h3-13H,1-2H3. The van der Waals surface area contributed by atoms with Crippen LogP contribution in [-0.4, -0.2) is 12.8 Å². The van der Waals surface area contributed by atoms with Crippen LogP contribution in [-0.2, 0) is 0 Å². The lowest BCUT2D eigenvalue weighted by atomic mass is 10.0. The topological polar surface area (TPSA) is 21.6 Å². The van der Waals surface area contributed by atoms with E-state index in [-0.39, 0.29) is 0 Å². The third kappa shape index (κ3) is 2.79. The van der Waals surface area contributed by atoms with Gasteiger partial charge in [0.15, 0.2) is 0 Å². The van der Waals surface area contributed by atoms with Crippen LogP contribution in [0.1, 0.15) is 12.5 Å². The van der Waals surface area contributed by atoms with Crippen LogP contribution in [0.3, 0.4) is 0 Å². The summed E-state index contributed by atoms with van der Waals surface area (Å²) in [7, 11) is 1.67. The van der Waals surface area contributed by atoms with Gasteiger partial charge in [-0.25, -0.2) is 4.99 Å². The highest BCUT2D eigenvalue weighted by atomic mass is 16.5. The van der Waals surface area contributed by atoms with Gasteiger partial charge in [0.2, 0.25) is 0 Å². The van der Waals surface area contributed by atoms with Gasteiger partial charge in [-0.3, -0.25) is 0 Å². The first-order chi connectivity index (χ1) is 10.3. The van der Waals surface area contributed by atoms with Crippen LogP contribution >= 0.6 is 0 Å². The molecule has 0 atom stereocenters. The van der Waals surface area contributed by atoms with Gasteiger partial charge >= 0.3 is 0 Å². The number of ether oxygens (including phenoxy) is 1. The Morgan fingerprint density at radius 2 is 1.57 bits per heavy atom. The fourth-order valence-corrected chi connectivity index (χ4v) is 2.38. The molecule has 3 aromatic rings. The van der Waals surface area contributed by atoms with Crippen molar-refractivity contribution in [2.24, 2.45) is 4.99 Å². The molecule has 0 radical (unpaired) electrons. The normalized spacial score (nSPS) is 11.6. The van der Waals surface area contributed by atoms with Crippen molar-refractivity contribution in [3.8, 4) is 5.75 Å². The molecule has 0 heterocycles. The largest absolute Gasteiger partial charge is 0.494 e. The highest BCUT2D eigenvalue weighted by Crippen LogP contribution is 2.27. The van der Waals surface area contributed by atoms with Gasteiger partial charge in [-0.2, -0.15) is 0 Å². The molecule has 0 aliphatic rings. The summed E-state index contributed by atoms with van der Waals surface area (Å²) in [6, 6.07) is 22.6. The Labute approximate surface area is 124 Å². The average molecular weight is 275 g/mol. The lowest BCUT2D eigenvalue weighted by Gasteiger charge is -2.07. The molecule has 0 aliphatic carbocycles. The molecule has 0 spiro atoms. The predicted octanol–water partition coefficient (Wildman–Crippen LogP) is 4.99. The van der Waals surface area contributed by atoms with Gasteiger partial charge in [0.25, 0.3) is 0 Å². The Morgan fingerprint density at radius 1 is 0.857 bits per heavy atom. The van der Waals surface area contributed by atoms with Crippen LogP contribution < -0.4 is 4.74 Å². The third-order valence-corrected chi connectivity index (χ3v) is 3.54. The van der Waals surface area contributed by atoms with Crippen molar-refractivity contribution in [2.75, 3.05) is 7.11 Å². The Morgan fingerprint density at radius 3 is 2.38 bits per heavy atom. The Bertz CT molecular complexity index is 805. The van der Waals surface area contributed by atoms with Crippen molar-refractivity contribution in [1.29, 1.82) is 0 Å². The molecule has 0 N–H and O–H groups in total. The van der Waals surface area contributed by atoms with Gasteiger partial charge in [-0.15, -0.1) is 0 Å². The molecule has 2 nitrogen and oxygen atoms in total. The van der Waals surface area contributed by atoms with Crippen molar-refractivity contribution >= 4 is 22.2 Å². The van der Waals surface area contributed by atoms with E-state index in [9.17, 15) is 0 Å². The van der Waals surface area contributed by atoms with Gasteiger partial charge in [0.1, 0.15) is 11.4 Å². The first kappa shape index (κ1) is 13.4. The van der Waals surface area contributed by atoms with E-state index < -0.39 is 0 Å². The van der Waals surface area contributed by atoms with Crippen molar-refractivity contribution in [2.45, 2.75) is 6.92 Å². The quantitative estimate of drug-likeness (QED) is 0.617. The number of para-hydroxylation sites is 2. The van der Waals surface area contributed by atoms with Crippen molar-refractivity contribution in [1.82, 2.24) is 0 Å². The highest BCUT2D eigenvalue weighted by Gasteiger charge is 2.03. The second kappa shape index (κ2) is 5.80. The smallest absolute Gasteiger partial charge is 0.144 e. The van der Waals surface area contributed by atoms with Crippen molar-refractivity contribution < 1.29 is 4.74 Å². The van der Waals surface area contributed by atoms with E-state index in [0.717, 1.165) is 22.7 Å². The summed E-state index contributed by atoms with van der Waals surface area (Å²) in [4.78, 5) is 4.70. The molecule has 3 rings (SSSR count). The SMILES string of the molecule is COc1ccccc1N=C(C)c1ccc2ccccc2c1. The number of nitrogens with zero attached hydrogens (tertiary/aromatic N) is 1. The van der Waals surface area contributed by atoms with Gasteiger partial charge < -0.3 is 4.74 Å². The lowest BCUT2D eigenvalue weighted by molar-refractivity contribution is 0.416. The zero-order valence-corrected chi connectivity index (χ0v) is 12.2. The fourth-order valence-electron chi connectivity index (χ4n) is 2.38. The summed E-state index contributed by atoms with van der Waals surface area (Å²) in [6.45, 7) is 2.02. The second-order valence-corrected chi connectivity index (χ2v) is 4.93. The van der Waals surface area contributed by atoms with Crippen LogP contribution in [0, 0.1) is 0 Å². The van der Waals surface area contributed by atoms with E-state index in [1.165, 1.54) is 10.8 Å². The third-order valence-electron chi connectivity index (χ3n) is 3.54. The minimum Gasteiger partial charge on any atom is -0.494 e. The van der Waals surface area contributed by atoms with Crippen LogP contribution in [0.15, 0.2) is 71.7 Å². The lowest BCUT2D eigenvalue weighted by Crippen LogP contribution is -1.94. The maximum absolute atomic E-state index is 5.35. The number of hydrogen-bond donors (Lipinski definition) is 0. The molecule has 0 saturated carbocycles. The monoisotopic (exact) mass is 275 g/mol. The summed E-state index contributed by atoms with van der Waals surface area (Å²) in [5.41, 5.74) is 2.95. The van der Waals surface area contributed by atoms with Gasteiger partial charge in [-0.05, 0) is 41.5 Å². The average Bonchev–Trinajstić information content (AvgIpc) is 2.55. The highest BCUT2D eigenvalue weighted by molar-refractivity contribution is 6.03. The minimum atomic E-state index is 0.789. The van der Waals surface area contributed by atoms with E-state index in [1.54, 1.807) is 7.11 Å². The molecule has 0 fully saturated rings. The number of rotatable bonds is 3. The van der Waals surface area contributed by atoms with E-state index in [0.29, 0.717) is 0 Å². The first-order valence-electron chi connectivity index (χ1n) is 6.95. The number of fused-ring (bicyclic) bond motifs is 1. The number of hydrogen-bond acceptors (Lipinski definition) is 2. The molecule has 3 aromatic carbocycles. The minimum absolute atomic E-state index is 0.789. The predicted molar refractivity (Wildman–Crippen MR) is 88.8 cm³/mol. The zero-order valence-electron chi connectivity index (χ0n) is 12.2. The summed E-state index contributed by atoms with van der Waals surface area (Å²) in [5.74, 6) is 0.789. The summed E-state index contributed by atoms with van der Waals surface area (Å²) in [6.07, 6.45) is 0. The molecule has 0 aromatic heterocycles. The van der Waals surface area contributed by atoms with Crippen LogP contribution in [0.5, 0.6) is 5.75 Å². The molecule has 0 bridgehead atoms. The molecule has 0 saturated heterocycles. The van der Waals surface area contributed by atoms with E-state index in [1.807, 2.05) is 31.2 Å². The molecular formula is C19H17NO. The zero-order chi connectivity index (χ0) is 14.7. The fraction of sp³-hybridized carbons (Fsp3) is 0.105. The maximum Gasteiger partial charge on any atom is 0.144 e. The number of aliphatic imine (C=N–C) groups is 1. The number of benzene rings is 3.